The van der Waals surface area contributed by atoms with Gasteiger partial charge in [0.25, 0.3) is 0 Å². The van der Waals surface area contributed by atoms with Crippen LogP contribution >= 0.6 is 0 Å². The highest BCUT2D eigenvalue weighted by atomic mass is 15.2. The highest BCUT2D eigenvalue weighted by Gasteiger charge is 2.33. The van der Waals surface area contributed by atoms with Gasteiger partial charge in [-0.1, -0.05) is 43.2 Å². The van der Waals surface area contributed by atoms with Crippen molar-refractivity contribution >= 4 is 0 Å². The molecule has 0 heterocycles. The molecule has 2 unspecified atom stereocenters. The van der Waals surface area contributed by atoms with Crippen LogP contribution in [0.3, 0.4) is 0 Å². The van der Waals surface area contributed by atoms with E-state index in [2.05, 4.69) is 42.3 Å². The Kier molecular flexibility index (Phi) is 4.97. The molecule has 2 heteroatoms. The topological polar surface area (TPSA) is 29.3 Å². The quantitative estimate of drug-likeness (QED) is 0.912. The molecule has 2 aliphatic carbocycles. The van der Waals surface area contributed by atoms with Gasteiger partial charge in [0.1, 0.15) is 0 Å². The van der Waals surface area contributed by atoms with Crippen LogP contribution in [0, 0.1) is 0 Å². The summed E-state index contributed by atoms with van der Waals surface area (Å²) in [6, 6.07) is 13.1. The van der Waals surface area contributed by atoms with E-state index >= 15 is 0 Å². The van der Waals surface area contributed by atoms with Crippen LogP contribution in [0.5, 0.6) is 0 Å². The minimum Gasteiger partial charge on any atom is -0.328 e. The third-order valence-corrected chi connectivity index (χ3v) is 5.80. The van der Waals surface area contributed by atoms with Crippen molar-refractivity contribution in [2.75, 3.05) is 7.05 Å². The van der Waals surface area contributed by atoms with Crippen molar-refractivity contribution < 1.29 is 0 Å². The molecule has 0 bridgehead atoms. The summed E-state index contributed by atoms with van der Waals surface area (Å²) in [5.41, 5.74) is 7.62. The summed E-state index contributed by atoms with van der Waals surface area (Å²) in [5, 5.41) is 0. The van der Waals surface area contributed by atoms with Gasteiger partial charge in [-0.3, -0.25) is 4.90 Å². The largest absolute Gasteiger partial charge is 0.328 e. The zero-order valence-corrected chi connectivity index (χ0v) is 13.4. The fourth-order valence-electron chi connectivity index (χ4n) is 4.47. The van der Waals surface area contributed by atoms with Crippen LogP contribution in [0.25, 0.3) is 0 Å². The van der Waals surface area contributed by atoms with Crippen molar-refractivity contribution in [3.8, 4) is 0 Å². The zero-order chi connectivity index (χ0) is 14.7. The Labute approximate surface area is 129 Å². The van der Waals surface area contributed by atoms with Gasteiger partial charge in [-0.25, -0.2) is 0 Å². The van der Waals surface area contributed by atoms with Crippen LogP contribution in [0.15, 0.2) is 30.3 Å². The molecule has 1 aromatic carbocycles. The molecule has 2 fully saturated rings. The lowest BCUT2D eigenvalue weighted by Gasteiger charge is -2.44. The van der Waals surface area contributed by atoms with Crippen molar-refractivity contribution in [3.05, 3.63) is 35.9 Å². The van der Waals surface area contributed by atoms with Gasteiger partial charge >= 0.3 is 0 Å². The Balaban J connectivity index is 1.71. The second-order valence-corrected chi connectivity index (χ2v) is 7.10. The highest BCUT2D eigenvalue weighted by Crippen LogP contribution is 2.37. The minimum absolute atomic E-state index is 0.450. The molecule has 0 radical (unpaired) electrons. The monoisotopic (exact) mass is 286 g/mol. The Hall–Kier alpha value is -0.860. The van der Waals surface area contributed by atoms with E-state index in [1.807, 2.05) is 0 Å². The third kappa shape index (κ3) is 3.49. The molecule has 0 amide bonds. The van der Waals surface area contributed by atoms with Crippen LogP contribution in [0.4, 0.5) is 0 Å². The molecule has 2 nitrogen and oxygen atoms in total. The predicted molar refractivity (Wildman–Crippen MR) is 89.4 cm³/mol. The minimum atomic E-state index is 0.450. The van der Waals surface area contributed by atoms with Crippen molar-refractivity contribution in [1.29, 1.82) is 0 Å². The number of nitrogens with two attached hydrogens (primary N) is 1. The standard InChI is InChI=1S/C19H30N2/c1-21(17-13-11-16(20)12-14-17)19-10-6-5-9-18(19)15-7-3-2-4-8-15/h2-4,7-8,16-19H,5-6,9-14,20H2,1H3. The Bertz CT molecular complexity index is 422. The predicted octanol–water partition coefficient (Wildman–Crippen LogP) is 3.91. The van der Waals surface area contributed by atoms with E-state index in [4.69, 9.17) is 5.73 Å². The van der Waals surface area contributed by atoms with E-state index in [-0.39, 0.29) is 0 Å². The van der Waals surface area contributed by atoms with Gasteiger partial charge in [-0.05, 0) is 57.1 Å². The van der Waals surface area contributed by atoms with E-state index in [1.54, 1.807) is 5.56 Å². The van der Waals surface area contributed by atoms with Gasteiger partial charge in [0.2, 0.25) is 0 Å². The second kappa shape index (κ2) is 6.93. The molecule has 0 aliphatic heterocycles. The van der Waals surface area contributed by atoms with E-state index in [0.717, 1.165) is 18.0 Å². The van der Waals surface area contributed by atoms with Crippen molar-refractivity contribution in [3.63, 3.8) is 0 Å². The molecule has 3 rings (SSSR count). The molecular formula is C19H30N2. The number of rotatable bonds is 3. The summed E-state index contributed by atoms with van der Waals surface area (Å²) < 4.78 is 0. The third-order valence-electron chi connectivity index (χ3n) is 5.80. The average Bonchev–Trinajstić information content (AvgIpc) is 2.56. The first kappa shape index (κ1) is 15.1. The summed E-state index contributed by atoms with van der Waals surface area (Å²) in [4.78, 5) is 2.71. The molecule has 1 aromatic rings. The van der Waals surface area contributed by atoms with Gasteiger partial charge in [0, 0.05) is 18.1 Å². The summed E-state index contributed by atoms with van der Waals surface area (Å²) in [6.07, 6.45) is 10.5. The van der Waals surface area contributed by atoms with E-state index in [0.29, 0.717) is 6.04 Å². The molecule has 2 aliphatic rings. The van der Waals surface area contributed by atoms with Crippen LogP contribution in [0.2, 0.25) is 0 Å². The van der Waals surface area contributed by atoms with Crippen molar-refractivity contribution in [1.82, 2.24) is 4.90 Å². The number of hydrogen-bond acceptors (Lipinski definition) is 2. The summed E-state index contributed by atoms with van der Waals surface area (Å²) >= 11 is 0. The van der Waals surface area contributed by atoms with Crippen LogP contribution in [0.1, 0.15) is 62.8 Å². The molecule has 2 atom stereocenters. The van der Waals surface area contributed by atoms with Crippen molar-refractivity contribution in [2.24, 2.45) is 5.73 Å². The van der Waals surface area contributed by atoms with E-state index < -0.39 is 0 Å². The van der Waals surface area contributed by atoms with Crippen LogP contribution < -0.4 is 5.73 Å². The lowest BCUT2D eigenvalue weighted by atomic mass is 9.78. The number of benzene rings is 1. The molecular weight excluding hydrogens is 256 g/mol. The summed E-state index contributed by atoms with van der Waals surface area (Å²) in [7, 11) is 2.37. The fourth-order valence-corrected chi connectivity index (χ4v) is 4.47. The van der Waals surface area contributed by atoms with Gasteiger partial charge in [-0.2, -0.15) is 0 Å². The van der Waals surface area contributed by atoms with Gasteiger partial charge < -0.3 is 5.73 Å². The smallest absolute Gasteiger partial charge is 0.0164 e. The second-order valence-electron chi connectivity index (χ2n) is 7.10. The van der Waals surface area contributed by atoms with Gasteiger partial charge in [-0.15, -0.1) is 0 Å². The number of hydrogen-bond donors (Lipinski definition) is 1. The summed E-state index contributed by atoms with van der Waals surface area (Å²) in [6.45, 7) is 0. The molecule has 21 heavy (non-hydrogen) atoms. The van der Waals surface area contributed by atoms with E-state index in [1.165, 1.54) is 51.4 Å². The first-order valence-electron chi connectivity index (χ1n) is 8.78. The molecule has 2 N–H and O–H groups in total. The maximum absolute atomic E-state index is 6.08. The lowest BCUT2D eigenvalue weighted by molar-refractivity contribution is 0.0921. The molecule has 0 spiro atoms. The number of likely N-dealkylation sites (N-methyl/N-ethyl adjacent to an activating group) is 1. The molecule has 0 saturated heterocycles. The Morgan fingerprint density at radius 3 is 2.29 bits per heavy atom. The molecule has 116 valence electrons. The maximum atomic E-state index is 6.08. The van der Waals surface area contributed by atoms with E-state index in [9.17, 15) is 0 Å². The normalized spacial score (nSPS) is 34.0. The van der Waals surface area contributed by atoms with Gasteiger partial charge in [0.05, 0.1) is 0 Å². The molecule has 0 aromatic heterocycles. The maximum Gasteiger partial charge on any atom is 0.0164 e. The van der Waals surface area contributed by atoms with Crippen LogP contribution in [-0.4, -0.2) is 30.1 Å². The van der Waals surface area contributed by atoms with Crippen molar-refractivity contribution in [2.45, 2.75) is 75.4 Å². The highest BCUT2D eigenvalue weighted by molar-refractivity contribution is 5.22. The SMILES string of the molecule is CN(C1CCC(N)CC1)C1CCCCC1c1ccccc1. The molecule has 2 saturated carbocycles. The Morgan fingerprint density at radius 2 is 1.57 bits per heavy atom. The average molecular weight is 286 g/mol. The zero-order valence-electron chi connectivity index (χ0n) is 13.4. The first-order chi connectivity index (χ1) is 10.3. The summed E-state index contributed by atoms with van der Waals surface area (Å²) in [5.74, 6) is 0.723. The lowest BCUT2D eigenvalue weighted by Crippen LogP contribution is -2.47. The fraction of sp³-hybridized carbons (Fsp3) is 0.684. The number of nitrogens with zero attached hydrogens (tertiary/aromatic N) is 1. The first-order valence-corrected chi connectivity index (χ1v) is 8.78. The van der Waals surface area contributed by atoms with Crippen LogP contribution in [-0.2, 0) is 0 Å². The Morgan fingerprint density at radius 1 is 0.905 bits per heavy atom. The van der Waals surface area contributed by atoms with Gasteiger partial charge in [0.15, 0.2) is 0 Å².